The highest BCUT2D eigenvalue weighted by Crippen LogP contribution is 2.40. The summed E-state index contributed by atoms with van der Waals surface area (Å²) >= 11 is 6.41. The van der Waals surface area contributed by atoms with Crippen LogP contribution in [0.3, 0.4) is 0 Å². The van der Waals surface area contributed by atoms with Crippen molar-refractivity contribution in [1.29, 1.82) is 0 Å². The van der Waals surface area contributed by atoms with Gasteiger partial charge in [-0.05, 0) is 31.9 Å². The fourth-order valence-electron chi connectivity index (χ4n) is 3.88. The molecule has 1 aromatic carbocycles. The number of ketones is 1. The van der Waals surface area contributed by atoms with E-state index in [9.17, 15) is 4.79 Å². The fraction of sp³-hybridized carbons (Fsp3) is 0.421. The van der Waals surface area contributed by atoms with E-state index in [0.29, 0.717) is 40.8 Å². The number of aromatic nitrogens is 2. The van der Waals surface area contributed by atoms with Crippen molar-refractivity contribution in [2.75, 3.05) is 23.7 Å². The minimum absolute atomic E-state index is 0.153. The maximum absolute atomic E-state index is 12.6. The minimum Gasteiger partial charge on any atom is -0.486 e. The summed E-state index contributed by atoms with van der Waals surface area (Å²) in [4.78, 5) is 23.2. The van der Waals surface area contributed by atoms with E-state index in [4.69, 9.17) is 22.1 Å². The summed E-state index contributed by atoms with van der Waals surface area (Å²) in [5, 5.41) is 0.529. The predicted molar refractivity (Wildman–Crippen MR) is 101 cm³/mol. The summed E-state index contributed by atoms with van der Waals surface area (Å²) in [6, 6.07) is 7.49. The van der Waals surface area contributed by atoms with Gasteiger partial charge in [0.25, 0.3) is 0 Å². The molecule has 0 radical (unpaired) electrons. The van der Waals surface area contributed by atoms with Gasteiger partial charge in [0.15, 0.2) is 11.6 Å². The van der Waals surface area contributed by atoms with Crippen molar-refractivity contribution in [2.45, 2.75) is 38.2 Å². The molecule has 136 valence electrons. The lowest BCUT2D eigenvalue weighted by molar-refractivity contribution is 0.0323. The maximum atomic E-state index is 12.6. The lowest BCUT2D eigenvalue weighted by atomic mass is 9.84. The number of carbonyl (C=O) groups is 1. The molecule has 1 atom stereocenters. The first-order valence-corrected chi connectivity index (χ1v) is 9.21. The highest BCUT2D eigenvalue weighted by Gasteiger charge is 2.41. The average Bonchev–Trinajstić information content (AvgIpc) is 2.80. The Labute approximate surface area is 157 Å². The highest BCUT2D eigenvalue weighted by molar-refractivity contribution is 6.33. The molecule has 1 saturated heterocycles. The van der Waals surface area contributed by atoms with Crippen molar-refractivity contribution in [2.24, 2.45) is 0 Å². The molecule has 0 saturated carbocycles. The van der Waals surface area contributed by atoms with E-state index in [0.717, 1.165) is 25.8 Å². The Hall–Kier alpha value is -2.34. The van der Waals surface area contributed by atoms with Crippen molar-refractivity contribution in [3.63, 3.8) is 0 Å². The lowest BCUT2D eigenvalue weighted by Crippen LogP contribution is -2.43. The summed E-state index contributed by atoms with van der Waals surface area (Å²) < 4.78 is 6.33. The van der Waals surface area contributed by atoms with E-state index in [1.807, 2.05) is 31.2 Å². The monoisotopic (exact) mass is 372 g/mol. The van der Waals surface area contributed by atoms with Gasteiger partial charge >= 0.3 is 0 Å². The van der Waals surface area contributed by atoms with Crippen LogP contribution in [0.15, 0.2) is 24.3 Å². The zero-order chi connectivity index (χ0) is 18.3. The molecule has 1 spiro atoms. The molecule has 0 amide bonds. The maximum Gasteiger partial charge on any atom is 0.222 e. The SMILES string of the molecule is Cc1nc(N)nc(N2CCCC3(CC2)CC(=O)c2ccccc2O3)c1Cl. The Kier molecular flexibility index (Phi) is 4.23. The van der Waals surface area contributed by atoms with Crippen molar-refractivity contribution in [3.05, 3.63) is 40.5 Å². The van der Waals surface area contributed by atoms with E-state index in [2.05, 4.69) is 14.9 Å². The third kappa shape index (κ3) is 2.98. The van der Waals surface area contributed by atoms with E-state index in [1.165, 1.54) is 0 Å². The van der Waals surface area contributed by atoms with Crippen LogP contribution in [0.2, 0.25) is 5.02 Å². The first-order chi connectivity index (χ1) is 12.5. The van der Waals surface area contributed by atoms with Crippen LogP contribution in [0, 0.1) is 6.92 Å². The summed E-state index contributed by atoms with van der Waals surface area (Å²) in [7, 11) is 0. The van der Waals surface area contributed by atoms with E-state index < -0.39 is 5.60 Å². The second-order valence-electron chi connectivity index (χ2n) is 7.03. The summed E-state index contributed by atoms with van der Waals surface area (Å²) in [5.74, 6) is 1.73. The second kappa shape index (κ2) is 6.43. The highest BCUT2D eigenvalue weighted by atomic mass is 35.5. The molecule has 4 rings (SSSR count). The van der Waals surface area contributed by atoms with Crippen LogP contribution in [0.1, 0.15) is 41.7 Å². The smallest absolute Gasteiger partial charge is 0.222 e. The van der Waals surface area contributed by atoms with Crippen molar-refractivity contribution in [1.82, 2.24) is 9.97 Å². The van der Waals surface area contributed by atoms with Crippen molar-refractivity contribution in [3.8, 4) is 5.75 Å². The molecule has 1 unspecified atom stereocenters. The van der Waals surface area contributed by atoms with Crippen LogP contribution < -0.4 is 15.4 Å². The number of benzene rings is 1. The Morgan fingerprint density at radius 3 is 2.88 bits per heavy atom. The number of rotatable bonds is 1. The van der Waals surface area contributed by atoms with Crippen LogP contribution in [-0.4, -0.2) is 34.4 Å². The van der Waals surface area contributed by atoms with Gasteiger partial charge < -0.3 is 15.4 Å². The van der Waals surface area contributed by atoms with Gasteiger partial charge in [0.2, 0.25) is 5.95 Å². The fourth-order valence-corrected chi connectivity index (χ4v) is 4.08. The van der Waals surface area contributed by atoms with Crippen LogP contribution in [0.25, 0.3) is 0 Å². The molecule has 3 heterocycles. The molecular formula is C19H21ClN4O2. The van der Waals surface area contributed by atoms with Gasteiger partial charge in [-0.15, -0.1) is 0 Å². The lowest BCUT2D eigenvalue weighted by Gasteiger charge is -2.37. The summed E-state index contributed by atoms with van der Waals surface area (Å²) in [5.41, 5.74) is 6.70. The Balaban J connectivity index is 1.59. The number of anilines is 2. The summed E-state index contributed by atoms with van der Waals surface area (Å²) in [6.07, 6.45) is 2.85. The first kappa shape index (κ1) is 17.1. The van der Waals surface area contributed by atoms with Gasteiger partial charge in [-0.2, -0.15) is 4.98 Å². The number of carbonyl (C=O) groups excluding carboxylic acids is 1. The van der Waals surface area contributed by atoms with Gasteiger partial charge in [-0.1, -0.05) is 23.7 Å². The molecular weight excluding hydrogens is 352 g/mol. The van der Waals surface area contributed by atoms with Gasteiger partial charge in [-0.3, -0.25) is 4.79 Å². The number of Topliss-reactive ketones (excluding diaryl/α,β-unsaturated/α-hetero) is 1. The number of ether oxygens (including phenoxy) is 1. The third-order valence-corrected chi connectivity index (χ3v) is 5.65. The molecule has 6 nitrogen and oxygen atoms in total. The number of para-hydroxylation sites is 1. The van der Waals surface area contributed by atoms with Gasteiger partial charge in [0.1, 0.15) is 16.4 Å². The molecule has 2 aliphatic heterocycles. The Morgan fingerprint density at radius 1 is 1.23 bits per heavy atom. The Bertz CT molecular complexity index is 873. The number of nitrogens with zero attached hydrogens (tertiary/aromatic N) is 3. The van der Waals surface area contributed by atoms with Crippen molar-refractivity contribution >= 4 is 29.2 Å². The number of fused-ring (bicyclic) bond motifs is 1. The molecule has 0 bridgehead atoms. The molecule has 26 heavy (non-hydrogen) atoms. The number of nitrogen functional groups attached to an aromatic ring is 1. The molecule has 0 aliphatic carbocycles. The van der Waals surface area contributed by atoms with E-state index in [-0.39, 0.29) is 11.7 Å². The van der Waals surface area contributed by atoms with Gasteiger partial charge in [0, 0.05) is 19.5 Å². The molecule has 2 aromatic rings. The molecule has 2 aliphatic rings. The van der Waals surface area contributed by atoms with Crippen molar-refractivity contribution < 1.29 is 9.53 Å². The van der Waals surface area contributed by atoms with Crippen LogP contribution in [0.5, 0.6) is 5.75 Å². The standard InChI is InChI=1S/C19H21ClN4O2/c1-12-16(20)17(23-18(21)22-12)24-9-4-7-19(8-10-24)11-14(25)13-5-2-3-6-15(13)26-19/h2-3,5-6H,4,7-11H2,1H3,(H2,21,22,23). The second-order valence-corrected chi connectivity index (χ2v) is 7.40. The summed E-state index contributed by atoms with van der Waals surface area (Å²) in [6.45, 7) is 3.31. The topological polar surface area (TPSA) is 81.3 Å². The van der Waals surface area contributed by atoms with Crippen LogP contribution in [-0.2, 0) is 0 Å². The van der Waals surface area contributed by atoms with Gasteiger partial charge in [-0.25, -0.2) is 4.98 Å². The molecule has 2 N–H and O–H groups in total. The number of aryl methyl sites for hydroxylation is 1. The van der Waals surface area contributed by atoms with Crippen LogP contribution >= 0.6 is 11.6 Å². The zero-order valence-electron chi connectivity index (χ0n) is 14.7. The first-order valence-electron chi connectivity index (χ1n) is 8.83. The minimum atomic E-state index is -0.458. The zero-order valence-corrected chi connectivity index (χ0v) is 15.4. The average molecular weight is 373 g/mol. The number of hydrogen-bond donors (Lipinski definition) is 1. The largest absolute Gasteiger partial charge is 0.486 e. The van der Waals surface area contributed by atoms with E-state index >= 15 is 0 Å². The number of halogens is 1. The molecule has 1 fully saturated rings. The van der Waals surface area contributed by atoms with Crippen LogP contribution in [0.4, 0.5) is 11.8 Å². The Morgan fingerprint density at radius 2 is 2.04 bits per heavy atom. The third-order valence-electron chi connectivity index (χ3n) is 5.21. The number of nitrogens with two attached hydrogens (primary N) is 1. The normalized spacial score (nSPS) is 22.7. The van der Waals surface area contributed by atoms with Gasteiger partial charge in [0.05, 0.1) is 17.7 Å². The number of hydrogen-bond acceptors (Lipinski definition) is 6. The molecule has 1 aromatic heterocycles. The predicted octanol–water partition coefficient (Wildman–Crippen LogP) is 3.42. The van der Waals surface area contributed by atoms with E-state index in [1.54, 1.807) is 0 Å². The molecule has 7 heteroatoms. The quantitative estimate of drug-likeness (QED) is 0.826.